The van der Waals surface area contributed by atoms with Gasteiger partial charge in [-0.05, 0) is 17.7 Å². The maximum Gasteiger partial charge on any atom is 0.327 e. The third-order valence-electron chi connectivity index (χ3n) is 4.18. The van der Waals surface area contributed by atoms with Crippen molar-refractivity contribution in [3.05, 3.63) is 86.0 Å². The first-order chi connectivity index (χ1) is 13.1. The topological polar surface area (TPSA) is 102 Å². The van der Waals surface area contributed by atoms with E-state index in [1.54, 1.807) is 24.3 Å². The van der Waals surface area contributed by atoms with Crippen LogP contribution in [0.5, 0.6) is 0 Å². The summed E-state index contributed by atoms with van der Waals surface area (Å²) < 4.78 is 0. The van der Waals surface area contributed by atoms with E-state index in [1.165, 1.54) is 0 Å². The van der Waals surface area contributed by atoms with Crippen molar-refractivity contribution in [3.63, 3.8) is 0 Å². The molecule has 0 amide bonds. The van der Waals surface area contributed by atoms with Crippen LogP contribution in [0, 0.1) is 11.3 Å². The van der Waals surface area contributed by atoms with Crippen LogP contribution in [-0.2, 0) is 0 Å². The average molecular weight is 375 g/mol. The Morgan fingerprint density at radius 2 is 1.63 bits per heavy atom. The van der Waals surface area contributed by atoms with Gasteiger partial charge in [0.1, 0.15) is 11.7 Å². The van der Waals surface area contributed by atoms with Gasteiger partial charge in [-0.3, -0.25) is 14.8 Å². The van der Waals surface area contributed by atoms with E-state index in [0.29, 0.717) is 27.4 Å². The zero-order chi connectivity index (χ0) is 19.0. The van der Waals surface area contributed by atoms with Gasteiger partial charge in [0.25, 0.3) is 5.56 Å². The van der Waals surface area contributed by atoms with Crippen molar-refractivity contribution in [1.29, 1.82) is 5.26 Å². The summed E-state index contributed by atoms with van der Waals surface area (Å²) in [5, 5.41) is 10.6. The number of nitriles is 1. The van der Waals surface area contributed by atoms with Crippen molar-refractivity contribution in [1.82, 2.24) is 15.0 Å². The first-order valence-electron chi connectivity index (χ1n) is 8.00. The number of hydrogen-bond donors (Lipinski definition) is 2. The standard InChI is InChI=1S/C20H11ClN4O2/c21-13-8-6-11(7-9-13)15-14(10-22)17(12-4-2-1-3-5-12)23-18-16(15)19(26)25-20(27)24-18/h1-9H,(H2,23,24,25,26,27). The van der Waals surface area contributed by atoms with E-state index >= 15 is 0 Å². The second kappa shape index (κ2) is 6.56. The van der Waals surface area contributed by atoms with Gasteiger partial charge in [0.05, 0.1) is 16.6 Å². The number of nitrogens with one attached hydrogen (secondary N) is 2. The second-order valence-electron chi connectivity index (χ2n) is 5.83. The highest BCUT2D eigenvalue weighted by Gasteiger charge is 2.20. The number of aromatic amines is 2. The predicted molar refractivity (Wildman–Crippen MR) is 104 cm³/mol. The SMILES string of the molecule is N#Cc1c(-c2ccccc2)nc2[nH]c(=O)[nH]c(=O)c2c1-c1ccc(Cl)cc1. The molecule has 4 rings (SSSR count). The number of benzene rings is 2. The van der Waals surface area contributed by atoms with Crippen LogP contribution in [0.2, 0.25) is 5.02 Å². The number of pyridine rings is 1. The van der Waals surface area contributed by atoms with Crippen molar-refractivity contribution >= 4 is 22.6 Å². The van der Waals surface area contributed by atoms with Crippen molar-refractivity contribution in [2.45, 2.75) is 0 Å². The van der Waals surface area contributed by atoms with E-state index in [4.69, 9.17) is 11.6 Å². The molecule has 0 unspecified atom stereocenters. The van der Waals surface area contributed by atoms with Gasteiger partial charge in [0.15, 0.2) is 0 Å². The minimum Gasteiger partial charge on any atom is -0.291 e. The minimum absolute atomic E-state index is 0.117. The molecule has 0 saturated carbocycles. The van der Waals surface area contributed by atoms with E-state index < -0.39 is 11.2 Å². The van der Waals surface area contributed by atoms with E-state index in [2.05, 4.69) is 21.0 Å². The molecule has 6 nitrogen and oxygen atoms in total. The second-order valence-corrected chi connectivity index (χ2v) is 6.26. The van der Waals surface area contributed by atoms with Crippen LogP contribution < -0.4 is 11.2 Å². The third kappa shape index (κ3) is 2.90. The molecule has 0 radical (unpaired) electrons. The summed E-state index contributed by atoms with van der Waals surface area (Å²) in [4.78, 5) is 33.5. The van der Waals surface area contributed by atoms with Crippen LogP contribution in [0.4, 0.5) is 0 Å². The number of aromatic nitrogens is 3. The molecule has 0 fully saturated rings. The van der Waals surface area contributed by atoms with Crippen molar-refractivity contribution in [2.24, 2.45) is 0 Å². The molecule has 0 atom stereocenters. The van der Waals surface area contributed by atoms with E-state index in [0.717, 1.165) is 0 Å². The smallest absolute Gasteiger partial charge is 0.291 e. The molecule has 130 valence electrons. The molecule has 7 heteroatoms. The average Bonchev–Trinajstić information content (AvgIpc) is 2.67. The lowest BCUT2D eigenvalue weighted by Gasteiger charge is -2.12. The van der Waals surface area contributed by atoms with Crippen LogP contribution in [0.15, 0.2) is 64.2 Å². The summed E-state index contributed by atoms with van der Waals surface area (Å²) in [5.74, 6) is 0. The molecule has 2 aromatic heterocycles. The number of hydrogen-bond acceptors (Lipinski definition) is 4. The fourth-order valence-electron chi connectivity index (χ4n) is 3.02. The highest BCUT2D eigenvalue weighted by Crippen LogP contribution is 2.34. The molecule has 4 aromatic rings. The fourth-order valence-corrected chi connectivity index (χ4v) is 3.15. The molecule has 2 N–H and O–H groups in total. The fraction of sp³-hybridized carbons (Fsp3) is 0. The summed E-state index contributed by atoms with van der Waals surface area (Å²) in [5.41, 5.74) is 1.20. The highest BCUT2D eigenvalue weighted by molar-refractivity contribution is 6.30. The molecule has 0 bridgehead atoms. The molecule has 2 heterocycles. The lowest BCUT2D eigenvalue weighted by Crippen LogP contribution is -2.23. The van der Waals surface area contributed by atoms with Gasteiger partial charge < -0.3 is 0 Å². The van der Waals surface area contributed by atoms with Crippen LogP contribution in [0.3, 0.4) is 0 Å². The van der Waals surface area contributed by atoms with Crippen LogP contribution in [0.25, 0.3) is 33.4 Å². The number of H-pyrrole nitrogens is 2. The number of rotatable bonds is 2. The minimum atomic E-state index is -0.661. The molecule has 0 spiro atoms. The van der Waals surface area contributed by atoms with E-state index in [-0.39, 0.29) is 16.6 Å². The van der Waals surface area contributed by atoms with Gasteiger partial charge in [-0.2, -0.15) is 5.26 Å². The molecular formula is C20H11ClN4O2. The van der Waals surface area contributed by atoms with Gasteiger partial charge >= 0.3 is 5.69 Å². The molecule has 0 aliphatic rings. The summed E-state index contributed by atoms with van der Waals surface area (Å²) in [7, 11) is 0. The Kier molecular flexibility index (Phi) is 4.07. The molecule has 0 aliphatic heterocycles. The van der Waals surface area contributed by atoms with E-state index in [1.807, 2.05) is 30.3 Å². The molecule has 0 saturated heterocycles. The van der Waals surface area contributed by atoms with Gasteiger partial charge in [0, 0.05) is 16.1 Å². The Morgan fingerprint density at radius 1 is 0.926 bits per heavy atom. The van der Waals surface area contributed by atoms with E-state index in [9.17, 15) is 14.9 Å². The van der Waals surface area contributed by atoms with Crippen LogP contribution in [0.1, 0.15) is 5.56 Å². The third-order valence-corrected chi connectivity index (χ3v) is 4.43. The summed E-state index contributed by atoms with van der Waals surface area (Å²) in [6.45, 7) is 0. The molecule has 0 aliphatic carbocycles. The van der Waals surface area contributed by atoms with Crippen molar-refractivity contribution < 1.29 is 0 Å². The van der Waals surface area contributed by atoms with Gasteiger partial charge in [-0.15, -0.1) is 0 Å². The van der Waals surface area contributed by atoms with Crippen LogP contribution >= 0.6 is 11.6 Å². The lowest BCUT2D eigenvalue weighted by atomic mass is 9.94. The van der Waals surface area contributed by atoms with Crippen molar-refractivity contribution in [2.75, 3.05) is 0 Å². The summed E-state index contributed by atoms with van der Waals surface area (Å²) >= 11 is 5.98. The molecule has 2 aromatic carbocycles. The Morgan fingerprint density at radius 3 is 2.30 bits per heavy atom. The Balaban J connectivity index is 2.22. The summed E-state index contributed by atoms with van der Waals surface area (Å²) in [6.07, 6.45) is 0. The summed E-state index contributed by atoms with van der Waals surface area (Å²) in [6, 6.07) is 18.1. The largest absolute Gasteiger partial charge is 0.327 e. The maximum atomic E-state index is 12.5. The predicted octanol–water partition coefficient (Wildman–Crippen LogP) is 3.47. The Bertz CT molecular complexity index is 1320. The number of fused-ring (bicyclic) bond motifs is 1. The zero-order valence-electron chi connectivity index (χ0n) is 13.8. The number of nitrogens with zero attached hydrogens (tertiary/aromatic N) is 2. The molecular weight excluding hydrogens is 364 g/mol. The Labute approximate surface area is 157 Å². The monoisotopic (exact) mass is 374 g/mol. The highest BCUT2D eigenvalue weighted by atomic mass is 35.5. The van der Waals surface area contributed by atoms with Gasteiger partial charge in [-0.1, -0.05) is 54.1 Å². The van der Waals surface area contributed by atoms with Crippen molar-refractivity contribution in [3.8, 4) is 28.5 Å². The number of halogens is 1. The normalized spacial score (nSPS) is 10.7. The van der Waals surface area contributed by atoms with Gasteiger partial charge in [0.2, 0.25) is 0 Å². The first kappa shape index (κ1) is 16.8. The zero-order valence-corrected chi connectivity index (χ0v) is 14.5. The maximum absolute atomic E-state index is 12.5. The lowest BCUT2D eigenvalue weighted by molar-refractivity contribution is 1.06. The quantitative estimate of drug-likeness (QED) is 0.560. The van der Waals surface area contributed by atoms with Gasteiger partial charge in [-0.25, -0.2) is 9.78 Å². The first-order valence-corrected chi connectivity index (χ1v) is 8.38. The Hall–Kier alpha value is -3.69. The molecule has 27 heavy (non-hydrogen) atoms. The van der Waals surface area contributed by atoms with Crippen LogP contribution in [-0.4, -0.2) is 15.0 Å².